The third-order valence-electron chi connectivity index (χ3n) is 5.14. The molecule has 3 atom stereocenters. The Morgan fingerprint density at radius 3 is 2.42 bits per heavy atom. The summed E-state index contributed by atoms with van der Waals surface area (Å²) in [5.74, 6) is -2.35. The number of rotatable bonds is 4. The molecule has 1 heterocycles. The predicted octanol–water partition coefficient (Wildman–Crippen LogP) is 3.69. The molecule has 0 spiro atoms. The van der Waals surface area contributed by atoms with E-state index in [1.165, 1.54) is 19.2 Å². The van der Waals surface area contributed by atoms with E-state index < -0.39 is 11.9 Å². The molecule has 136 valence electrons. The van der Waals surface area contributed by atoms with Crippen LogP contribution in [0.25, 0.3) is 0 Å². The Balaban J connectivity index is 1.90. The minimum Gasteiger partial charge on any atom is -0.468 e. The van der Waals surface area contributed by atoms with Crippen LogP contribution >= 0.6 is 0 Å². The molecule has 2 unspecified atom stereocenters. The quantitative estimate of drug-likeness (QED) is 0.621. The number of benzene rings is 2. The molecule has 0 radical (unpaired) electrons. The molecule has 26 heavy (non-hydrogen) atoms. The number of piperidine rings is 1. The van der Waals surface area contributed by atoms with Gasteiger partial charge in [0.25, 0.3) is 0 Å². The van der Waals surface area contributed by atoms with Crippen molar-refractivity contribution >= 4 is 11.9 Å². The monoisotopic (exact) mass is 355 g/mol. The number of hydrogen-bond acceptors (Lipinski definition) is 3. The first-order chi connectivity index (χ1) is 12.5. The van der Waals surface area contributed by atoms with Crippen LogP contribution in [-0.2, 0) is 14.3 Å². The lowest BCUT2D eigenvalue weighted by Crippen LogP contribution is -2.49. The van der Waals surface area contributed by atoms with Crippen LogP contribution in [0.1, 0.15) is 36.4 Å². The molecule has 1 amide bonds. The summed E-state index contributed by atoms with van der Waals surface area (Å²) >= 11 is 0. The maximum absolute atomic E-state index is 13.2. The number of methoxy groups -OCH3 is 1. The summed E-state index contributed by atoms with van der Waals surface area (Å²) in [5.41, 5.74) is 1.80. The Kier molecular flexibility index (Phi) is 5.35. The predicted molar refractivity (Wildman–Crippen MR) is 95.8 cm³/mol. The normalized spacial score (nSPS) is 21.3. The van der Waals surface area contributed by atoms with Crippen molar-refractivity contribution in [2.75, 3.05) is 13.7 Å². The zero-order valence-electron chi connectivity index (χ0n) is 14.9. The summed E-state index contributed by atoms with van der Waals surface area (Å²) in [5, 5.41) is 0. The maximum atomic E-state index is 13.2. The third-order valence-corrected chi connectivity index (χ3v) is 5.14. The highest BCUT2D eigenvalue weighted by Gasteiger charge is 2.44. The van der Waals surface area contributed by atoms with E-state index in [9.17, 15) is 14.0 Å². The summed E-state index contributed by atoms with van der Waals surface area (Å²) in [6, 6.07) is 15.6. The van der Waals surface area contributed by atoms with Gasteiger partial charge >= 0.3 is 5.97 Å². The first-order valence-electron chi connectivity index (χ1n) is 8.71. The number of ether oxygens (including phenoxy) is 1. The Labute approximate surface area is 152 Å². The lowest BCUT2D eigenvalue weighted by atomic mass is 9.79. The van der Waals surface area contributed by atoms with E-state index >= 15 is 0 Å². The molecule has 2 aromatic carbocycles. The first-order valence-corrected chi connectivity index (χ1v) is 8.71. The van der Waals surface area contributed by atoms with Crippen molar-refractivity contribution in [1.29, 1.82) is 0 Å². The summed E-state index contributed by atoms with van der Waals surface area (Å²) in [6.07, 6.45) is 0.619. The van der Waals surface area contributed by atoms with Gasteiger partial charge in [-0.2, -0.15) is 0 Å². The van der Waals surface area contributed by atoms with E-state index in [2.05, 4.69) is 0 Å². The third kappa shape index (κ3) is 3.47. The van der Waals surface area contributed by atoms with Crippen molar-refractivity contribution in [2.24, 2.45) is 5.92 Å². The van der Waals surface area contributed by atoms with Gasteiger partial charge in [0.15, 0.2) is 0 Å². The Hall–Kier alpha value is -2.69. The Morgan fingerprint density at radius 2 is 1.81 bits per heavy atom. The van der Waals surface area contributed by atoms with Gasteiger partial charge in [-0.15, -0.1) is 0 Å². The number of carbonyl (C=O) groups is 2. The van der Waals surface area contributed by atoms with Gasteiger partial charge in [0, 0.05) is 12.5 Å². The number of esters is 1. The van der Waals surface area contributed by atoms with Gasteiger partial charge in [0.2, 0.25) is 5.91 Å². The zero-order chi connectivity index (χ0) is 18.7. The maximum Gasteiger partial charge on any atom is 0.318 e. The summed E-state index contributed by atoms with van der Waals surface area (Å²) in [7, 11) is 1.29. The van der Waals surface area contributed by atoms with Crippen LogP contribution in [0.4, 0.5) is 4.39 Å². The van der Waals surface area contributed by atoms with Crippen LogP contribution in [0.15, 0.2) is 54.6 Å². The van der Waals surface area contributed by atoms with E-state index in [-0.39, 0.29) is 23.7 Å². The Bertz CT molecular complexity index is 776. The van der Waals surface area contributed by atoms with Crippen molar-refractivity contribution < 1.29 is 18.7 Å². The molecule has 2 aromatic rings. The standard InChI is InChI=1S/C21H22FNO3/c1-14(15-6-4-3-5-7-15)23-13-12-18(16-8-10-17(22)11-9-16)19(20(23)24)21(25)26-2/h3-11,14,18-19H,12-13H2,1-2H3/t14?,18?,19-/m0/s1. The molecule has 5 heteroatoms. The van der Waals surface area contributed by atoms with Crippen LogP contribution in [0.3, 0.4) is 0 Å². The van der Waals surface area contributed by atoms with Crippen LogP contribution in [0, 0.1) is 11.7 Å². The van der Waals surface area contributed by atoms with Gasteiger partial charge in [-0.25, -0.2) is 4.39 Å². The molecular weight excluding hydrogens is 333 g/mol. The van der Waals surface area contributed by atoms with Gasteiger partial charge in [-0.3, -0.25) is 9.59 Å². The van der Waals surface area contributed by atoms with Gasteiger partial charge in [0.05, 0.1) is 13.2 Å². The number of halogens is 1. The molecule has 0 aliphatic carbocycles. The fourth-order valence-electron chi connectivity index (χ4n) is 3.66. The van der Waals surface area contributed by atoms with Crippen LogP contribution in [0.5, 0.6) is 0 Å². The SMILES string of the molecule is COC(=O)[C@@H]1C(=O)N(C(C)c2ccccc2)CCC1c1ccc(F)cc1. The van der Waals surface area contributed by atoms with Crippen LogP contribution in [-0.4, -0.2) is 30.4 Å². The number of nitrogens with zero attached hydrogens (tertiary/aromatic N) is 1. The van der Waals surface area contributed by atoms with Gasteiger partial charge in [-0.05, 0) is 36.6 Å². The number of carbonyl (C=O) groups excluding carboxylic acids is 2. The lowest BCUT2D eigenvalue weighted by Gasteiger charge is -2.40. The average Bonchev–Trinajstić information content (AvgIpc) is 2.68. The second kappa shape index (κ2) is 7.68. The van der Waals surface area contributed by atoms with Gasteiger partial charge < -0.3 is 9.64 Å². The molecular formula is C21H22FNO3. The molecule has 0 bridgehead atoms. The van der Waals surface area contributed by atoms with E-state index in [0.717, 1.165) is 11.1 Å². The van der Waals surface area contributed by atoms with Crippen LogP contribution < -0.4 is 0 Å². The van der Waals surface area contributed by atoms with E-state index in [0.29, 0.717) is 13.0 Å². The minimum absolute atomic E-state index is 0.134. The summed E-state index contributed by atoms with van der Waals surface area (Å²) in [6.45, 7) is 2.49. The minimum atomic E-state index is -0.912. The van der Waals surface area contributed by atoms with Crippen molar-refractivity contribution in [3.8, 4) is 0 Å². The number of amides is 1. The molecule has 1 aliphatic heterocycles. The highest BCUT2D eigenvalue weighted by molar-refractivity contribution is 5.99. The van der Waals surface area contributed by atoms with Crippen molar-refractivity contribution in [1.82, 2.24) is 4.90 Å². The molecule has 3 rings (SSSR count). The second-order valence-electron chi connectivity index (χ2n) is 6.57. The number of likely N-dealkylation sites (tertiary alicyclic amines) is 1. The van der Waals surface area contributed by atoms with Crippen molar-refractivity contribution in [3.63, 3.8) is 0 Å². The largest absolute Gasteiger partial charge is 0.468 e. The fraction of sp³-hybridized carbons (Fsp3) is 0.333. The average molecular weight is 355 g/mol. The molecule has 0 aromatic heterocycles. The topological polar surface area (TPSA) is 46.6 Å². The smallest absolute Gasteiger partial charge is 0.318 e. The van der Waals surface area contributed by atoms with E-state index in [1.807, 2.05) is 37.3 Å². The molecule has 1 fully saturated rings. The van der Waals surface area contributed by atoms with Crippen molar-refractivity contribution in [2.45, 2.75) is 25.3 Å². The summed E-state index contributed by atoms with van der Waals surface area (Å²) in [4.78, 5) is 27.3. The molecule has 4 nitrogen and oxygen atoms in total. The summed E-state index contributed by atoms with van der Waals surface area (Å²) < 4.78 is 18.2. The highest BCUT2D eigenvalue weighted by Crippen LogP contribution is 2.37. The van der Waals surface area contributed by atoms with Crippen LogP contribution in [0.2, 0.25) is 0 Å². The lowest BCUT2D eigenvalue weighted by molar-refractivity contribution is -0.158. The van der Waals surface area contributed by atoms with Crippen molar-refractivity contribution in [3.05, 3.63) is 71.5 Å². The fourth-order valence-corrected chi connectivity index (χ4v) is 3.66. The highest BCUT2D eigenvalue weighted by atomic mass is 19.1. The second-order valence-corrected chi connectivity index (χ2v) is 6.57. The van der Waals surface area contributed by atoms with Gasteiger partial charge in [-0.1, -0.05) is 42.5 Å². The Morgan fingerprint density at radius 1 is 1.15 bits per heavy atom. The first kappa shape index (κ1) is 18.1. The molecule has 0 N–H and O–H groups in total. The zero-order valence-corrected chi connectivity index (χ0v) is 14.9. The number of hydrogen-bond donors (Lipinski definition) is 0. The van der Waals surface area contributed by atoms with E-state index in [4.69, 9.17) is 4.74 Å². The molecule has 1 saturated heterocycles. The van der Waals surface area contributed by atoms with Gasteiger partial charge in [0.1, 0.15) is 11.7 Å². The molecule has 0 saturated carbocycles. The molecule has 1 aliphatic rings. The van der Waals surface area contributed by atoms with E-state index in [1.54, 1.807) is 17.0 Å².